The highest BCUT2D eigenvalue weighted by atomic mass is 32.2. The van der Waals surface area contributed by atoms with E-state index in [1.807, 2.05) is 0 Å². The molecule has 1 aromatic rings. The summed E-state index contributed by atoms with van der Waals surface area (Å²) in [6, 6.07) is 0. The number of unbranched alkanes of at least 4 members (excludes halogenated alkanes) is 1. The van der Waals surface area contributed by atoms with Crippen molar-refractivity contribution in [2.75, 3.05) is 13.1 Å². The summed E-state index contributed by atoms with van der Waals surface area (Å²) in [6.07, 6.45) is 5.59. The van der Waals surface area contributed by atoms with Crippen LogP contribution in [0.25, 0.3) is 0 Å². The lowest BCUT2D eigenvalue weighted by atomic mass is 10.1. The van der Waals surface area contributed by atoms with Gasteiger partial charge in [-0.25, -0.2) is 13.1 Å². The second kappa shape index (κ2) is 9.17. The number of nitrogens with zero attached hydrogens (tertiary/aromatic N) is 1. The maximum Gasteiger partial charge on any atom is 0.257 e. The molecule has 6 nitrogen and oxygen atoms in total. The monoisotopic (exact) mass is 316 g/mol. The first kappa shape index (κ1) is 18.1. The van der Waals surface area contributed by atoms with Crippen LogP contribution in [-0.2, 0) is 16.6 Å². The van der Waals surface area contributed by atoms with Crippen LogP contribution in [0.4, 0.5) is 0 Å². The molecule has 0 aliphatic carbocycles. The summed E-state index contributed by atoms with van der Waals surface area (Å²) in [5.41, 5.74) is 0.679. The zero-order chi connectivity index (χ0) is 15.7. The molecule has 0 radical (unpaired) electrons. The Morgan fingerprint density at radius 1 is 1.29 bits per heavy atom. The minimum atomic E-state index is -3.49. The molecule has 1 aromatic heterocycles. The van der Waals surface area contributed by atoms with Crippen molar-refractivity contribution in [3.63, 3.8) is 0 Å². The molecule has 0 saturated carbocycles. The second-order valence-corrected chi connectivity index (χ2v) is 7.39. The third kappa shape index (κ3) is 6.58. The van der Waals surface area contributed by atoms with Gasteiger partial charge >= 0.3 is 0 Å². The van der Waals surface area contributed by atoms with Crippen LogP contribution in [0.1, 0.15) is 52.0 Å². The van der Waals surface area contributed by atoms with Gasteiger partial charge in [0.25, 0.3) is 10.0 Å². The number of nitrogens with one attached hydrogen (secondary N) is 3. The van der Waals surface area contributed by atoms with Crippen LogP contribution in [0, 0.1) is 5.92 Å². The number of hydrogen-bond acceptors (Lipinski definition) is 4. The summed E-state index contributed by atoms with van der Waals surface area (Å²) in [4.78, 5) is 0. The molecule has 0 atom stereocenters. The minimum Gasteiger partial charge on any atom is -0.313 e. The van der Waals surface area contributed by atoms with Gasteiger partial charge in [0.1, 0.15) is 0 Å². The highest BCUT2D eigenvalue weighted by molar-refractivity contribution is 7.89. The van der Waals surface area contributed by atoms with Crippen LogP contribution < -0.4 is 10.0 Å². The Morgan fingerprint density at radius 2 is 2.05 bits per heavy atom. The van der Waals surface area contributed by atoms with E-state index >= 15 is 0 Å². The van der Waals surface area contributed by atoms with Gasteiger partial charge in [0.05, 0.1) is 6.20 Å². The average Bonchev–Trinajstić information content (AvgIpc) is 2.87. The van der Waals surface area contributed by atoms with E-state index in [1.165, 1.54) is 0 Å². The molecule has 7 heteroatoms. The maximum absolute atomic E-state index is 12.2. The van der Waals surface area contributed by atoms with Crippen LogP contribution in [0.5, 0.6) is 0 Å². The first-order chi connectivity index (χ1) is 9.97. The number of hydrogen-bond donors (Lipinski definition) is 3. The van der Waals surface area contributed by atoms with Gasteiger partial charge < -0.3 is 5.32 Å². The van der Waals surface area contributed by atoms with Crippen LogP contribution in [-0.4, -0.2) is 31.7 Å². The molecule has 1 rings (SSSR count). The fourth-order valence-electron chi connectivity index (χ4n) is 2.01. The summed E-state index contributed by atoms with van der Waals surface area (Å²) >= 11 is 0. The molecule has 0 aliphatic rings. The Labute approximate surface area is 128 Å². The summed E-state index contributed by atoms with van der Waals surface area (Å²) < 4.78 is 27.1. The van der Waals surface area contributed by atoms with Crippen molar-refractivity contribution in [2.24, 2.45) is 5.92 Å². The lowest BCUT2D eigenvalue weighted by Crippen LogP contribution is -2.27. The topological polar surface area (TPSA) is 86.9 Å². The third-order valence-electron chi connectivity index (χ3n) is 3.19. The van der Waals surface area contributed by atoms with Crippen molar-refractivity contribution < 1.29 is 8.42 Å². The van der Waals surface area contributed by atoms with Gasteiger partial charge in [-0.1, -0.05) is 33.6 Å². The van der Waals surface area contributed by atoms with E-state index in [1.54, 1.807) is 6.20 Å². The van der Waals surface area contributed by atoms with Crippen LogP contribution in [0.15, 0.2) is 11.2 Å². The van der Waals surface area contributed by atoms with Gasteiger partial charge in [0.2, 0.25) is 0 Å². The first-order valence-electron chi connectivity index (χ1n) is 7.70. The molecule has 0 bridgehead atoms. The van der Waals surface area contributed by atoms with Crippen LogP contribution >= 0.6 is 0 Å². The molecular weight excluding hydrogens is 288 g/mol. The number of aromatic amines is 1. The molecular formula is C14H28N4O2S. The lowest BCUT2D eigenvalue weighted by Gasteiger charge is -2.08. The Balaban J connectivity index is 2.48. The maximum atomic E-state index is 12.2. The van der Waals surface area contributed by atoms with Crippen molar-refractivity contribution in [1.29, 1.82) is 0 Å². The fourth-order valence-corrected chi connectivity index (χ4v) is 3.21. The van der Waals surface area contributed by atoms with Crippen molar-refractivity contribution in [3.05, 3.63) is 11.8 Å². The van der Waals surface area contributed by atoms with E-state index in [4.69, 9.17) is 0 Å². The van der Waals surface area contributed by atoms with Gasteiger partial charge in [-0.05, 0) is 25.3 Å². The molecule has 1 heterocycles. The highest BCUT2D eigenvalue weighted by Crippen LogP contribution is 2.12. The highest BCUT2D eigenvalue weighted by Gasteiger charge is 2.19. The fraction of sp³-hybridized carbons (Fsp3) is 0.786. The standard InChI is InChI=1S/C14H28N4O2S/c1-4-8-15-10-13-11-16-18-14(13)21(19,20)17-9-6-5-7-12(2)3/h11-12,15,17H,4-10H2,1-3H3,(H,16,18). The summed E-state index contributed by atoms with van der Waals surface area (Å²) in [5.74, 6) is 0.658. The lowest BCUT2D eigenvalue weighted by molar-refractivity contribution is 0.529. The molecule has 0 fully saturated rings. The largest absolute Gasteiger partial charge is 0.313 e. The molecule has 0 unspecified atom stereocenters. The zero-order valence-electron chi connectivity index (χ0n) is 13.3. The molecule has 3 N–H and O–H groups in total. The minimum absolute atomic E-state index is 0.176. The van der Waals surface area contributed by atoms with Crippen molar-refractivity contribution in [2.45, 2.75) is 58.0 Å². The van der Waals surface area contributed by atoms with E-state index in [9.17, 15) is 8.42 Å². The Hall–Kier alpha value is -0.920. The van der Waals surface area contributed by atoms with Crippen LogP contribution in [0.2, 0.25) is 0 Å². The first-order valence-corrected chi connectivity index (χ1v) is 9.18. The van der Waals surface area contributed by atoms with Gasteiger partial charge in [-0.2, -0.15) is 5.10 Å². The smallest absolute Gasteiger partial charge is 0.257 e. The Morgan fingerprint density at radius 3 is 2.71 bits per heavy atom. The molecule has 21 heavy (non-hydrogen) atoms. The van der Waals surface area contributed by atoms with Gasteiger partial charge in [-0.15, -0.1) is 0 Å². The number of rotatable bonds is 11. The number of sulfonamides is 1. The van der Waals surface area contributed by atoms with E-state index in [0.717, 1.165) is 32.2 Å². The normalized spacial score (nSPS) is 12.2. The third-order valence-corrected chi connectivity index (χ3v) is 4.66. The number of aromatic nitrogens is 2. The Bertz CT molecular complexity index is 497. The van der Waals surface area contributed by atoms with E-state index in [0.29, 0.717) is 24.6 Å². The van der Waals surface area contributed by atoms with Gasteiger partial charge in [0, 0.05) is 18.7 Å². The van der Waals surface area contributed by atoms with E-state index < -0.39 is 10.0 Å². The SMILES string of the molecule is CCCNCc1cn[nH]c1S(=O)(=O)NCCCCC(C)C. The number of H-pyrrole nitrogens is 1. The molecule has 0 aliphatic heterocycles. The zero-order valence-corrected chi connectivity index (χ0v) is 14.1. The van der Waals surface area contributed by atoms with Crippen molar-refractivity contribution >= 4 is 10.0 Å². The van der Waals surface area contributed by atoms with Crippen LogP contribution in [0.3, 0.4) is 0 Å². The summed E-state index contributed by atoms with van der Waals surface area (Å²) in [7, 11) is -3.49. The van der Waals surface area contributed by atoms with E-state index in [2.05, 4.69) is 41.0 Å². The second-order valence-electron chi connectivity index (χ2n) is 5.69. The molecule has 0 spiro atoms. The molecule has 0 amide bonds. The quantitative estimate of drug-likeness (QED) is 0.545. The summed E-state index contributed by atoms with van der Waals surface area (Å²) in [5, 5.41) is 9.80. The van der Waals surface area contributed by atoms with Gasteiger partial charge in [0.15, 0.2) is 5.03 Å². The van der Waals surface area contributed by atoms with Crippen molar-refractivity contribution in [3.8, 4) is 0 Å². The summed E-state index contributed by atoms with van der Waals surface area (Å²) in [6.45, 7) is 8.24. The predicted octanol–water partition coefficient (Wildman–Crippen LogP) is 2.01. The molecule has 0 aromatic carbocycles. The van der Waals surface area contributed by atoms with Crippen molar-refractivity contribution in [1.82, 2.24) is 20.2 Å². The average molecular weight is 316 g/mol. The predicted molar refractivity (Wildman–Crippen MR) is 84.5 cm³/mol. The van der Waals surface area contributed by atoms with Gasteiger partial charge in [-0.3, -0.25) is 5.10 Å². The Kier molecular flexibility index (Phi) is 7.92. The molecule has 122 valence electrons. The molecule has 0 saturated heterocycles. The van der Waals surface area contributed by atoms with E-state index in [-0.39, 0.29) is 5.03 Å².